The fourth-order valence-corrected chi connectivity index (χ4v) is 3.21. The molecule has 1 N–H and O–H groups in total. The molecular formula is C10H17BO2. The molecule has 3 aliphatic carbocycles. The molecule has 0 saturated heterocycles. The number of fused-ring (bicyclic) bond motifs is 2. The summed E-state index contributed by atoms with van der Waals surface area (Å²) in [6.07, 6.45) is 1.79. The van der Waals surface area contributed by atoms with Gasteiger partial charge in [0.05, 0.1) is 11.7 Å². The van der Waals surface area contributed by atoms with Crippen LogP contribution >= 0.6 is 0 Å². The molecule has 3 fully saturated rings. The lowest BCUT2D eigenvalue weighted by Crippen LogP contribution is -2.65. The Morgan fingerprint density at radius 3 is 2.38 bits per heavy atom. The molecule has 3 rings (SSSR count). The molecule has 2 radical (unpaired) electrons. The minimum atomic E-state index is -0.724. The third-order valence-electron chi connectivity index (χ3n) is 4.33. The topological polar surface area (TPSA) is 29.5 Å². The van der Waals surface area contributed by atoms with Gasteiger partial charge in [0.25, 0.3) is 8.05 Å². The molecule has 2 nitrogen and oxygen atoms in total. The third-order valence-corrected chi connectivity index (χ3v) is 4.33. The Hall–Kier alpha value is -0.0151. The van der Waals surface area contributed by atoms with E-state index in [0.29, 0.717) is 17.3 Å². The smallest absolute Gasteiger partial charge is 0.283 e. The van der Waals surface area contributed by atoms with Gasteiger partial charge in [0.15, 0.2) is 0 Å². The number of hydrogen-bond donors (Lipinski definition) is 1. The molecule has 3 heteroatoms. The van der Waals surface area contributed by atoms with Crippen LogP contribution in [0.4, 0.5) is 0 Å². The molecule has 72 valence electrons. The average molecular weight is 180 g/mol. The largest absolute Gasteiger partial charge is 0.442 e. The van der Waals surface area contributed by atoms with Gasteiger partial charge < -0.3 is 9.76 Å². The summed E-state index contributed by atoms with van der Waals surface area (Å²) in [5.74, 6) is 1.06. The highest BCUT2D eigenvalue weighted by atomic mass is 16.5. The standard InChI is InChI=1S/C10H17BO2/c1-9(2)6-4-7(9)8(13-11)10(3,12)5-6/h6-8,12H,4-5H2,1-3H3/t6-,7+,8?,10+/m1/s1. The van der Waals surface area contributed by atoms with E-state index in [1.54, 1.807) is 0 Å². The molecule has 0 aromatic carbocycles. The summed E-state index contributed by atoms with van der Waals surface area (Å²) in [7, 11) is 5.26. The predicted octanol–water partition coefficient (Wildman–Crippen LogP) is 1.27. The highest BCUT2D eigenvalue weighted by Gasteiger charge is 2.61. The van der Waals surface area contributed by atoms with Crippen molar-refractivity contribution in [2.24, 2.45) is 17.3 Å². The Morgan fingerprint density at radius 2 is 2.00 bits per heavy atom. The zero-order chi connectivity index (χ0) is 9.85. The maximum absolute atomic E-state index is 10.1. The Balaban J connectivity index is 2.23. The van der Waals surface area contributed by atoms with Crippen molar-refractivity contribution >= 4 is 8.05 Å². The molecule has 2 bridgehead atoms. The van der Waals surface area contributed by atoms with Crippen LogP contribution in [0.2, 0.25) is 0 Å². The van der Waals surface area contributed by atoms with Crippen molar-refractivity contribution in [3.8, 4) is 0 Å². The lowest BCUT2D eigenvalue weighted by atomic mass is 9.44. The van der Waals surface area contributed by atoms with Crippen molar-refractivity contribution in [2.75, 3.05) is 0 Å². The van der Waals surface area contributed by atoms with E-state index in [1.807, 2.05) is 6.92 Å². The summed E-state index contributed by atoms with van der Waals surface area (Å²) >= 11 is 0. The van der Waals surface area contributed by atoms with Crippen LogP contribution in [-0.4, -0.2) is 24.9 Å². The fraction of sp³-hybridized carbons (Fsp3) is 1.00. The number of hydrogen-bond acceptors (Lipinski definition) is 2. The van der Waals surface area contributed by atoms with Crippen LogP contribution in [0.5, 0.6) is 0 Å². The summed E-state index contributed by atoms with van der Waals surface area (Å²) < 4.78 is 4.94. The lowest BCUT2D eigenvalue weighted by Gasteiger charge is -2.64. The average Bonchev–Trinajstić information content (AvgIpc) is 2.02. The van der Waals surface area contributed by atoms with Gasteiger partial charge in [-0.1, -0.05) is 13.8 Å². The molecule has 0 spiro atoms. The quantitative estimate of drug-likeness (QED) is 0.615. The van der Waals surface area contributed by atoms with Gasteiger partial charge in [-0.3, -0.25) is 0 Å². The second kappa shape index (κ2) is 2.51. The first-order valence-corrected chi connectivity index (χ1v) is 4.97. The molecule has 0 heterocycles. The van der Waals surface area contributed by atoms with Crippen molar-refractivity contribution in [3.05, 3.63) is 0 Å². The van der Waals surface area contributed by atoms with Gasteiger partial charge in [-0.15, -0.1) is 0 Å². The molecule has 0 aromatic heterocycles. The van der Waals surface area contributed by atoms with Crippen LogP contribution in [0.15, 0.2) is 0 Å². The molecule has 1 unspecified atom stereocenters. The Labute approximate surface area is 81.1 Å². The van der Waals surface area contributed by atoms with E-state index in [4.69, 9.17) is 12.7 Å². The fourth-order valence-electron chi connectivity index (χ4n) is 3.21. The van der Waals surface area contributed by atoms with Crippen LogP contribution in [0, 0.1) is 17.3 Å². The van der Waals surface area contributed by atoms with Crippen molar-refractivity contribution < 1.29 is 9.76 Å². The van der Waals surface area contributed by atoms with E-state index in [1.165, 1.54) is 0 Å². The van der Waals surface area contributed by atoms with Crippen LogP contribution < -0.4 is 0 Å². The molecule has 0 aromatic rings. The van der Waals surface area contributed by atoms with Crippen LogP contribution in [0.1, 0.15) is 33.6 Å². The summed E-state index contributed by atoms with van der Waals surface area (Å²) in [6.45, 7) is 6.32. The van der Waals surface area contributed by atoms with Gasteiger partial charge >= 0.3 is 0 Å². The third kappa shape index (κ3) is 1.10. The predicted molar refractivity (Wildman–Crippen MR) is 51.2 cm³/mol. The number of aliphatic hydroxyl groups is 1. The van der Waals surface area contributed by atoms with E-state index >= 15 is 0 Å². The molecule has 13 heavy (non-hydrogen) atoms. The highest BCUT2D eigenvalue weighted by Crippen LogP contribution is 2.62. The molecule has 0 amide bonds. The monoisotopic (exact) mass is 180 g/mol. The summed E-state index contributed by atoms with van der Waals surface area (Å²) in [5.41, 5.74) is -0.426. The summed E-state index contributed by atoms with van der Waals surface area (Å²) in [4.78, 5) is 0. The van der Waals surface area contributed by atoms with Crippen LogP contribution in [-0.2, 0) is 4.65 Å². The Bertz CT molecular complexity index is 225. The minimum Gasteiger partial charge on any atom is -0.442 e. The second-order valence-electron chi connectivity index (χ2n) is 5.48. The first-order chi connectivity index (χ1) is 5.89. The first-order valence-electron chi connectivity index (χ1n) is 4.97. The first kappa shape index (κ1) is 9.54. The maximum Gasteiger partial charge on any atom is 0.283 e. The molecule has 3 saturated carbocycles. The van der Waals surface area contributed by atoms with Crippen molar-refractivity contribution in [1.29, 1.82) is 0 Å². The van der Waals surface area contributed by atoms with Crippen molar-refractivity contribution in [2.45, 2.75) is 45.3 Å². The minimum absolute atomic E-state index is 0.188. The Morgan fingerprint density at radius 1 is 1.38 bits per heavy atom. The lowest BCUT2D eigenvalue weighted by molar-refractivity contribution is -0.223. The van der Waals surface area contributed by atoms with Gasteiger partial charge in [0.2, 0.25) is 0 Å². The van der Waals surface area contributed by atoms with Crippen LogP contribution in [0.25, 0.3) is 0 Å². The Kier molecular flexibility index (Phi) is 1.84. The van der Waals surface area contributed by atoms with E-state index in [0.717, 1.165) is 12.8 Å². The van der Waals surface area contributed by atoms with Gasteiger partial charge in [0.1, 0.15) is 0 Å². The van der Waals surface area contributed by atoms with E-state index < -0.39 is 5.60 Å². The van der Waals surface area contributed by atoms with Crippen LogP contribution in [0.3, 0.4) is 0 Å². The van der Waals surface area contributed by atoms with Gasteiger partial charge in [-0.05, 0) is 37.0 Å². The zero-order valence-corrected chi connectivity index (χ0v) is 8.58. The van der Waals surface area contributed by atoms with Gasteiger partial charge in [-0.25, -0.2) is 0 Å². The van der Waals surface area contributed by atoms with E-state index in [-0.39, 0.29) is 6.10 Å². The van der Waals surface area contributed by atoms with E-state index in [2.05, 4.69) is 13.8 Å². The summed E-state index contributed by atoms with van der Waals surface area (Å²) in [5, 5.41) is 10.1. The second-order valence-corrected chi connectivity index (χ2v) is 5.48. The molecule has 0 aliphatic heterocycles. The van der Waals surface area contributed by atoms with E-state index in [9.17, 15) is 5.11 Å². The van der Waals surface area contributed by atoms with Gasteiger partial charge in [-0.2, -0.15) is 0 Å². The molecule has 4 atom stereocenters. The zero-order valence-electron chi connectivity index (χ0n) is 8.58. The van der Waals surface area contributed by atoms with Gasteiger partial charge in [0, 0.05) is 0 Å². The normalized spacial score (nSPS) is 52.8. The number of rotatable bonds is 1. The molecule has 3 aliphatic rings. The SMILES string of the molecule is [B]OC1[C@@H]2C[C@H](C[C@]1(C)O)C2(C)C. The van der Waals surface area contributed by atoms with Crippen molar-refractivity contribution in [1.82, 2.24) is 0 Å². The van der Waals surface area contributed by atoms with Crippen molar-refractivity contribution in [3.63, 3.8) is 0 Å². The summed E-state index contributed by atoms with van der Waals surface area (Å²) in [6, 6.07) is 0. The molecular weight excluding hydrogens is 163 g/mol. The maximum atomic E-state index is 10.1. The highest BCUT2D eigenvalue weighted by molar-refractivity contribution is 5.98.